The number of carbonyl (C=O) groups excluding carboxylic acids is 1. The van der Waals surface area contributed by atoms with Crippen molar-refractivity contribution in [3.05, 3.63) is 35.9 Å². The maximum absolute atomic E-state index is 12.0. The van der Waals surface area contributed by atoms with E-state index in [1.165, 1.54) is 5.56 Å². The molecule has 0 radical (unpaired) electrons. The number of amides is 1. The maximum Gasteiger partial charge on any atom is 0.239 e. The molecule has 4 heteroatoms. The highest BCUT2D eigenvalue weighted by Crippen LogP contribution is 2.05. The zero-order chi connectivity index (χ0) is 14.1. The minimum absolute atomic E-state index is 0.0179. The van der Waals surface area contributed by atoms with E-state index in [0.29, 0.717) is 26.2 Å². The van der Waals surface area contributed by atoms with E-state index in [2.05, 4.69) is 12.1 Å². The Balaban J connectivity index is 2.31. The molecule has 106 valence electrons. The highest BCUT2D eigenvalue weighted by molar-refractivity contribution is 5.81. The third-order valence-electron chi connectivity index (χ3n) is 3.06. The Morgan fingerprint density at radius 2 is 2.05 bits per heavy atom. The van der Waals surface area contributed by atoms with E-state index in [-0.39, 0.29) is 5.91 Å². The van der Waals surface area contributed by atoms with E-state index >= 15 is 0 Å². The molecule has 1 unspecified atom stereocenters. The Labute approximate surface area is 115 Å². The number of rotatable bonds is 8. The molecule has 0 aliphatic heterocycles. The molecule has 1 amide bonds. The number of benzene rings is 1. The van der Waals surface area contributed by atoms with Crippen molar-refractivity contribution in [1.82, 2.24) is 4.90 Å². The molecule has 0 bridgehead atoms. The first-order chi connectivity index (χ1) is 9.15. The molecule has 1 rings (SSSR count). The van der Waals surface area contributed by atoms with Crippen LogP contribution >= 0.6 is 0 Å². The van der Waals surface area contributed by atoms with Crippen LogP contribution in [0.2, 0.25) is 0 Å². The average Bonchev–Trinajstić information content (AvgIpc) is 2.45. The lowest BCUT2D eigenvalue weighted by Gasteiger charge is -2.21. The van der Waals surface area contributed by atoms with Gasteiger partial charge in [0.25, 0.3) is 0 Å². The molecule has 0 heterocycles. The van der Waals surface area contributed by atoms with Crippen LogP contribution in [-0.4, -0.2) is 43.7 Å². The average molecular weight is 264 g/mol. The van der Waals surface area contributed by atoms with Crippen LogP contribution in [0.4, 0.5) is 0 Å². The molecule has 2 N–H and O–H groups in total. The van der Waals surface area contributed by atoms with Gasteiger partial charge in [0.05, 0.1) is 12.6 Å². The van der Waals surface area contributed by atoms with Crippen molar-refractivity contribution in [1.29, 1.82) is 0 Å². The lowest BCUT2D eigenvalue weighted by molar-refractivity contribution is -0.132. The largest absolute Gasteiger partial charge is 0.380 e. The molecular formula is C15H24N2O2. The number of aryl methyl sites for hydroxylation is 1. The summed E-state index contributed by atoms with van der Waals surface area (Å²) in [7, 11) is 1.77. The van der Waals surface area contributed by atoms with Gasteiger partial charge in [-0.25, -0.2) is 0 Å². The Kier molecular flexibility index (Phi) is 7.15. The fourth-order valence-corrected chi connectivity index (χ4v) is 1.83. The van der Waals surface area contributed by atoms with Crippen LogP contribution in [0.3, 0.4) is 0 Å². The number of hydrogen-bond acceptors (Lipinski definition) is 3. The molecule has 1 atom stereocenters. The molecule has 0 spiro atoms. The Bertz CT molecular complexity index is 368. The Hall–Kier alpha value is -1.39. The summed E-state index contributed by atoms with van der Waals surface area (Å²) in [4.78, 5) is 13.6. The maximum atomic E-state index is 12.0. The topological polar surface area (TPSA) is 55.6 Å². The number of nitrogens with two attached hydrogens (primary N) is 1. The SMILES string of the molecule is CCOCCN(C)C(=O)C(N)CCc1ccccc1. The van der Waals surface area contributed by atoms with Crippen LogP contribution in [0.5, 0.6) is 0 Å². The molecule has 0 aliphatic carbocycles. The van der Waals surface area contributed by atoms with Gasteiger partial charge in [-0.1, -0.05) is 30.3 Å². The second kappa shape index (κ2) is 8.67. The molecule has 19 heavy (non-hydrogen) atoms. The lowest BCUT2D eigenvalue weighted by Crippen LogP contribution is -2.43. The van der Waals surface area contributed by atoms with Crippen LogP contribution < -0.4 is 5.73 Å². The van der Waals surface area contributed by atoms with E-state index in [0.717, 1.165) is 6.42 Å². The molecular weight excluding hydrogens is 240 g/mol. The van der Waals surface area contributed by atoms with Gasteiger partial charge in [0.1, 0.15) is 0 Å². The van der Waals surface area contributed by atoms with Crippen molar-refractivity contribution in [2.75, 3.05) is 26.8 Å². The molecule has 4 nitrogen and oxygen atoms in total. The fraction of sp³-hybridized carbons (Fsp3) is 0.533. The first-order valence-corrected chi connectivity index (χ1v) is 6.77. The van der Waals surface area contributed by atoms with Crippen molar-refractivity contribution in [3.63, 3.8) is 0 Å². The second-order valence-electron chi connectivity index (χ2n) is 4.59. The third-order valence-corrected chi connectivity index (χ3v) is 3.06. The van der Waals surface area contributed by atoms with Crippen molar-refractivity contribution in [2.45, 2.75) is 25.8 Å². The van der Waals surface area contributed by atoms with Crippen LogP contribution in [-0.2, 0) is 16.0 Å². The summed E-state index contributed by atoms with van der Waals surface area (Å²) in [5, 5.41) is 0. The van der Waals surface area contributed by atoms with Crippen molar-refractivity contribution in [2.24, 2.45) is 5.73 Å². The molecule has 1 aromatic carbocycles. The zero-order valence-electron chi connectivity index (χ0n) is 11.8. The monoisotopic (exact) mass is 264 g/mol. The standard InChI is InChI=1S/C15H24N2O2/c1-3-19-12-11-17(2)15(18)14(16)10-9-13-7-5-4-6-8-13/h4-8,14H,3,9-12,16H2,1-2H3. The quantitative estimate of drug-likeness (QED) is 0.723. The molecule has 0 aromatic heterocycles. The zero-order valence-corrected chi connectivity index (χ0v) is 11.8. The summed E-state index contributed by atoms with van der Waals surface area (Å²) in [6.07, 6.45) is 1.49. The number of carbonyl (C=O) groups is 1. The number of hydrogen-bond donors (Lipinski definition) is 1. The van der Waals surface area contributed by atoms with E-state index in [9.17, 15) is 4.79 Å². The molecule has 1 aromatic rings. The summed E-state index contributed by atoms with van der Waals surface area (Å²) in [6, 6.07) is 9.64. The van der Waals surface area contributed by atoms with Crippen molar-refractivity contribution < 1.29 is 9.53 Å². The molecule has 0 aliphatic rings. The van der Waals surface area contributed by atoms with Gasteiger partial charge in [0, 0.05) is 20.2 Å². The third kappa shape index (κ3) is 5.85. The summed E-state index contributed by atoms with van der Waals surface area (Å²) in [5.74, 6) is -0.0179. The Morgan fingerprint density at radius 1 is 1.37 bits per heavy atom. The predicted molar refractivity (Wildman–Crippen MR) is 76.9 cm³/mol. The van der Waals surface area contributed by atoms with Gasteiger partial charge in [0.2, 0.25) is 5.91 Å². The molecule has 0 fully saturated rings. The molecule has 0 saturated heterocycles. The Morgan fingerprint density at radius 3 is 2.68 bits per heavy atom. The predicted octanol–water partition coefficient (Wildman–Crippen LogP) is 1.44. The van der Waals surface area contributed by atoms with Gasteiger partial charge >= 0.3 is 0 Å². The number of nitrogens with zero attached hydrogens (tertiary/aromatic N) is 1. The first kappa shape index (κ1) is 15.7. The van der Waals surface area contributed by atoms with Gasteiger partial charge in [-0.05, 0) is 25.3 Å². The van der Waals surface area contributed by atoms with E-state index in [1.54, 1.807) is 11.9 Å². The minimum atomic E-state index is -0.438. The number of likely N-dealkylation sites (N-methyl/N-ethyl adjacent to an activating group) is 1. The highest BCUT2D eigenvalue weighted by atomic mass is 16.5. The highest BCUT2D eigenvalue weighted by Gasteiger charge is 2.17. The number of ether oxygens (including phenoxy) is 1. The fourth-order valence-electron chi connectivity index (χ4n) is 1.83. The smallest absolute Gasteiger partial charge is 0.239 e. The van der Waals surface area contributed by atoms with Crippen molar-refractivity contribution >= 4 is 5.91 Å². The minimum Gasteiger partial charge on any atom is -0.380 e. The molecule has 0 saturated carbocycles. The van der Waals surface area contributed by atoms with Gasteiger partial charge in [-0.15, -0.1) is 0 Å². The van der Waals surface area contributed by atoms with Gasteiger partial charge in [0.15, 0.2) is 0 Å². The second-order valence-corrected chi connectivity index (χ2v) is 4.59. The summed E-state index contributed by atoms with van der Waals surface area (Å²) in [6.45, 7) is 3.76. The van der Waals surface area contributed by atoms with Gasteiger partial charge in [-0.3, -0.25) is 4.79 Å². The summed E-state index contributed by atoms with van der Waals surface area (Å²) < 4.78 is 5.23. The summed E-state index contributed by atoms with van der Waals surface area (Å²) in [5.41, 5.74) is 7.15. The van der Waals surface area contributed by atoms with Crippen LogP contribution in [0.15, 0.2) is 30.3 Å². The lowest BCUT2D eigenvalue weighted by atomic mass is 10.1. The van der Waals surface area contributed by atoms with Gasteiger partial charge < -0.3 is 15.4 Å². The van der Waals surface area contributed by atoms with Gasteiger partial charge in [-0.2, -0.15) is 0 Å². The normalized spacial score (nSPS) is 12.2. The van der Waals surface area contributed by atoms with Crippen LogP contribution in [0, 0.1) is 0 Å². The van der Waals surface area contributed by atoms with E-state index in [1.807, 2.05) is 25.1 Å². The van der Waals surface area contributed by atoms with E-state index in [4.69, 9.17) is 10.5 Å². The van der Waals surface area contributed by atoms with Crippen molar-refractivity contribution in [3.8, 4) is 0 Å². The van der Waals surface area contributed by atoms with Crippen LogP contribution in [0.1, 0.15) is 18.9 Å². The summed E-state index contributed by atoms with van der Waals surface area (Å²) >= 11 is 0. The van der Waals surface area contributed by atoms with E-state index < -0.39 is 6.04 Å². The first-order valence-electron chi connectivity index (χ1n) is 6.77. The van der Waals surface area contributed by atoms with Crippen LogP contribution in [0.25, 0.3) is 0 Å².